The van der Waals surface area contributed by atoms with Crippen molar-refractivity contribution in [3.05, 3.63) is 66.2 Å². The van der Waals surface area contributed by atoms with Gasteiger partial charge in [-0.2, -0.15) is 0 Å². The number of thiophene rings is 1. The highest BCUT2D eigenvalue weighted by Crippen LogP contribution is 2.39. The summed E-state index contributed by atoms with van der Waals surface area (Å²) in [5.74, 6) is 0.486. The van der Waals surface area contributed by atoms with E-state index in [0.29, 0.717) is 17.3 Å². The van der Waals surface area contributed by atoms with Gasteiger partial charge in [0.1, 0.15) is 5.75 Å². The molecule has 3 aromatic heterocycles. The number of aromatic nitrogens is 2. The minimum atomic E-state index is -0.575. The number of ether oxygens (including phenoxy) is 1. The minimum Gasteiger partial charge on any atom is -0.453 e. The van der Waals surface area contributed by atoms with Crippen molar-refractivity contribution in [1.82, 2.24) is 30.0 Å². The minimum absolute atomic E-state index is 0.0603. The maximum atomic E-state index is 14.9. The molecule has 12 heteroatoms. The van der Waals surface area contributed by atoms with Crippen LogP contribution in [0.15, 0.2) is 54.9 Å². The van der Waals surface area contributed by atoms with Crippen molar-refractivity contribution in [3.8, 4) is 22.1 Å². The van der Waals surface area contributed by atoms with Crippen LogP contribution in [0.4, 0.5) is 14.9 Å². The average Bonchev–Trinajstić information content (AvgIpc) is 3.76. The molecule has 7 rings (SSSR count). The number of amides is 3. The predicted octanol–water partition coefficient (Wildman–Crippen LogP) is 5.56. The third-order valence-electron chi connectivity index (χ3n) is 8.93. The average molecular weight is 644 g/mol. The van der Waals surface area contributed by atoms with Crippen molar-refractivity contribution in [2.24, 2.45) is 5.92 Å². The molecule has 0 bridgehead atoms. The molecule has 5 heterocycles. The molecular weight excluding hydrogens is 605 g/mol. The first-order valence-corrected chi connectivity index (χ1v) is 16.8. The van der Waals surface area contributed by atoms with Crippen molar-refractivity contribution in [1.29, 1.82) is 0 Å². The molecule has 0 unspecified atom stereocenters. The maximum absolute atomic E-state index is 14.9. The first-order chi connectivity index (χ1) is 22.4. The zero-order chi connectivity index (χ0) is 31.6. The topological polar surface area (TPSA) is 103 Å². The van der Waals surface area contributed by atoms with E-state index >= 15 is 0 Å². The van der Waals surface area contributed by atoms with E-state index in [2.05, 4.69) is 43.4 Å². The summed E-state index contributed by atoms with van der Waals surface area (Å²) >= 11 is 1.49. The van der Waals surface area contributed by atoms with Crippen molar-refractivity contribution in [3.63, 3.8) is 0 Å². The van der Waals surface area contributed by atoms with Gasteiger partial charge in [-0.3, -0.25) is 19.7 Å². The highest BCUT2D eigenvalue weighted by Gasteiger charge is 2.29. The summed E-state index contributed by atoms with van der Waals surface area (Å²) in [6.07, 6.45) is 7.43. The van der Waals surface area contributed by atoms with Crippen molar-refractivity contribution in [2.75, 3.05) is 51.6 Å². The smallest absolute Gasteiger partial charge is 0.319 e. The Labute approximate surface area is 271 Å². The lowest BCUT2D eigenvalue weighted by atomic mass is 9.95. The molecule has 2 saturated heterocycles. The first kappa shape index (κ1) is 30.5. The number of rotatable bonds is 8. The molecule has 3 aliphatic rings. The van der Waals surface area contributed by atoms with Crippen LogP contribution in [0.3, 0.4) is 0 Å². The van der Waals surface area contributed by atoms with Gasteiger partial charge in [0.15, 0.2) is 11.6 Å². The summed E-state index contributed by atoms with van der Waals surface area (Å²) in [4.78, 5) is 41.9. The summed E-state index contributed by atoms with van der Waals surface area (Å²) in [6, 6.07) is 12.1. The number of hydrogen-bond acceptors (Lipinski definition) is 8. The van der Waals surface area contributed by atoms with Gasteiger partial charge in [0, 0.05) is 74.9 Å². The van der Waals surface area contributed by atoms with Gasteiger partial charge >= 0.3 is 6.03 Å². The Kier molecular flexibility index (Phi) is 8.83. The molecule has 1 aromatic carbocycles. The van der Waals surface area contributed by atoms with Gasteiger partial charge in [0.2, 0.25) is 5.91 Å². The van der Waals surface area contributed by atoms with Crippen LogP contribution in [-0.4, -0.2) is 89.0 Å². The summed E-state index contributed by atoms with van der Waals surface area (Å²) in [5, 5.41) is 5.48. The standard InChI is InChI=1S/C34H38FN7O3S/c1-40-12-9-23(10-13-40)33(43)42-16-14-41(15-17-42)21-22-2-6-27(37-20-22)31-19-28-32(46-31)30(8-11-36-28)45-29-7-5-25(18-26(29)35)39-34(44)38-24-3-4-24/h2,5-8,11,18-20,23-24H,3-4,9-10,12-17,21H2,1H3,(H2,38,39,44). The van der Waals surface area contributed by atoms with E-state index in [9.17, 15) is 14.0 Å². The zero-order valence-corrected chi connectivity index (χ0v) is 26.7. The number of nitrogens with one attached hydrogen (secondary N) is 2. The van der Waals surface area contributed by atoms with Crippen LogP contribution in [0, 0.1) is 11.7 Å². The Hall–Kier alpha value is -4.13. The molecule has 2 aliphatic heterocycles. The quantitative estimate of drug-likeness (QED) is 0.259. The number of piperidine rings is 1. The highest BCUT2D eigenvalue weighted by molar-refractivity contribution is 7.22. The van der Waals surface area contributed by atoms with Crippen LogP contribution in [-0.2, 0) is 11.3 Å². The Bertz CT molecular complexity index is 1710. The van der Waals surface area contributed by atoms with Gasteiger partial charge in [0.05, 0.1) is 20.8 Å². The fraction of sp³-hybridized carbons (Fsp3) is 0.412. The molecule has 10 nitrogen and oxygen atoms in total. The number of piperazine rings is 1. The molecule has 0 atom stereocenters. The Balaban J connectivity index is 0.959. The fourth-order valence-electron chi connectivity index (χ4n) is 6.04. The van der Waals surface area contributed by atoms with Gasteiger partial charge < -0.3 is 25.2 Å². The maximum Gasteiger partial charge on any atom is 0.319 e. The van der Waals surface area contributed by atoms with Gasteiger partial charge in [-0.15, -0.1) is 11.3 Å². The number of halogens is 1. The van der Waals surface area contributed by atoms with E-state index in [1.165, 1.54) is 23.5 Å². The summed E-state index contributed by atoms with van der Waals surface area (Å²) in [6.45, 7) is 6.07. The number of likely N-dealkylation sites (tertiary alicyclic amines) is 1. The Morgan fingerprint density at radius 1 is 0.957 bits per heavy atom. The molecule has 3 fully saturated rings. The third-order valence-corrected chi connectivity index (χ3v) is 10.1. The van der Waals surface area contributed by atoms with Crippen LogP contribution >= 0.6 is 11.3 Å². The van der Waals surface area contributed by atoms with Gasteiger partial charge in [-0.05, 0) is 75.6 Å². The van der Waals surface area contributed by atoms with Crippen LogP contribution < -0.4 is 15.4 Å². The number of anilines is 1. The van der Waals surface area contributed by atoms with Crippen LogP contribution in [0.5, 0.6) is 11.5 Å². The second kappa shape index (κ2) is 13.3. The number of hydrogen-bond donors (Lipinski definition) is 2. The monoisotopic (exact) mass is 643 g/mol. The van der Waals surface area contributed by atoms with Crippen molar-refractivity contribution < 1.29 is 18.7 Å². The lowest BCUT2D eigenvalue weighted by molar-refractivity contribution is -0.138. The number of fused-ring (bicyclic) bond motifs is 1. The van der Waals surface area contributed by atoms with E-state index < -0.39 is 5.82 Å². The number of carbonyl (C=O) groups excluding carboxylic acids is 2. The molecule has 0 radical (unpaired) electrons. The predicted molar refractivity (Wildman–Crippen MR) is 177 cm³/mol. The molecule has 0 spiro atoms. The van der Waals surface area contributed by atoms with E-state index in [0.717, 1.165) is 97.8 Å². The molecule has 240 valence electrons. The summed E-state index contributed by atoms with van der Waals surface area (Å²) in [5.41, 5.74) is 3.06. The second-order valence-corrected chi connectivity index (χ2v) is 13.5. The molecular formula is C34H38FN7O3S. The van der Waals surface area contributed by atoms with Crippen LogP contribution in [0.2, 0.25) is 0 Å². The summed E-state index contributed by atoms with van der Waals surface area (Å²) < 4.78 is 21.7. The highest BCUT2D eigenvalue weighted by atomic mass is 32.1. The number of pyridine rings is 2. The zero-order valence-electron chi connectivity index (χ0n) is 25.9. The van der Waals surface area contributed by atoms with Gasteiger partial charge in [-0.1, -0.05) is 6.07 Å². The molecule has 2 N–H and O–H groups in total. The van der Waals surface area contributed by atoms with E-state index in [1.54, 1.807) is 18.3 Å². The first-order valence-electron chi connectivity index (χ1n) is 16.0. The third kappa shape index (κ3) is 7.14. The number of urea groups is 1. The normalized spacial score (nSPS) is 18.1. The molecule has 3 amide bonds. The lowest BCUT2D eigenvalue weighted by Gasteiger charge is -2.38. The van der Waals surface area contributed by atoms with E-state index in [1.807, 2.05) is 18.3 Å². The van der Waals surface area contributed by atoms with Crippen molar-refractivity contribution in [2.45, 2.75) is 38.3 Å². The largest absolute Gasteiger partial charge is 0.453 e. The van der Waals surface area contributed by atoms with Gasteiger partial charge in [0.25, 0.3) is 0 Å². The van der Waals surface area contributed by atoms with Crippen molar-refractivity contribution >= 4 is 39.2 Å². The Morgan fingerprint density at radius 3 is 2.48 bits per heavy atom. The second-order valence-electron chi connectivity index (χ2n) is 12.5. The number of carbonyl (C=O) groups is 2. The Morgan fingerprint density at radius 2 is 1.76 bits per heavy atom. The molecule has 1 aliphatic carbocycles. The van der Waals surface area contributed by atoms with E-state index in [-0.39, 0.29) is 23.7 Å². The molecule has 46 heavy (non-hydrogen) atoms. The molecule has 4 aromatic rings. The van der Waals surface area contributed by atoms with Gasteiger partial charge in [-0.25, -0.2) is 9.18 Å². The summed E-state index contributed by atoms with van der Waals surface area (Å²) in [7, 11) is 2.12. The molecule has 1 saturated carbocycles. The van der Waals surface area contributed by atoms with E-state index in [4.69, 9.17) is 9.72 Å². The SMILES string of the molecule is CN1CCC(C(=O)N2CCN(Cc3ccc(-c4cc5nccc(Oc6ccc(NC(=O)NC7CC7)cc6F)c5s4)nc3)CC2)CC1. The van der Waals surface area contributed by atoms with Crippen LogP contribution in [0.1, 0.15) is 31.2 Å². The van der Waals surface area contributed by atoms with Crippen LogP contribution in [0.25, 0.3) is 20.8 Å². The fourth-order valence-corrected chi connectivity index (χ4v) is 7.09. The number of benzene rings is 1. The number of nitrogens with zero attached hydrogens (tertiary/aromatic N) is 5. The lowest BCUT2D eigenvalue weighted by Crippen LogP contribution is -2.51.